The van der Waals surface area contributed by atoms with Gasteiger partial charge in [-0.25, -0.2) is 13.4 Å². The van der Waals surface area contributed by atoms with Crippen LogP contribution in [0.4, 0.5) is 11.4 Å². The first kappa shape index (κ1) is 23.2. The summed E-state index contributed by atoms with van der Waals surface area (Å²) >= 11 is 0. The fourth-order valence-electron chi connectivity index (χ4n) is 4.15. The second kappa shape index (κ2) is 9.22. The molecule has 1 saturated carbocycles. The molecule has 1 N–H and O–H groups in total. The summed E-state index contributed by atoms with van der Waals surface area (Å²) in [6.45, 7) is 1.37. The smallest absolute Gasteiger partial charge is 0.270 e. The Kier molecular flexibility index (Phi) is 6.10. The van der Waals surface area contributed by atoms with Crippen molar-refractivity contribution in [1.82, 2.24) is 10.3 Å². The molecule has 1 amide bonds. The summed E-state index contributed by atoms with van der Waals surface area (Å²) in [5.41, 5.74) is 4.14. The van der Waals surface area contributed by atoms with Crippen molar-refractivity contribution >= 4 is 27.1 Å². The van der Waals surface area contributed by atoms with Crippen molar-refractivity contribution in [3.8, 4) is 11.6 Å². The Bertz CT molecular complexity index is 1370. The Morgan fingerprint density at radius 1 is 1.14 bits per heavy atom. The number of benzene rings is 2. The average molecular weight is 494 g/mol. The molecule has 8 nitrogen and oxygen atoms in total. The van der Waals surface area contributed by atoms with Crippen LogP contribution < -0.4 is 19.7 Å². The number of sulfone groups is 1. The highest BCUT2D eigenvalue weighted by molar-refractivity contribution is 7.90. The molecule has 0 saturated heterocycles. The van der Waals surface area contributed by atoms with Crippen molar-refractivity contribution in [3.05, 3.63) is 71.4 Å². The lowest BCUT2D eigenvalue weighted by atomic mass is 10.1. The van der Waals surface area contributed by atoms with Gasteiger partial charge in [0.2, 0.25) is 5.88 Å². The lowest BCUT2D eigenvalue weighted by molar-refractivity contribution is 0.0944. The molecular formula is C26H27N3O5S. The summed E-state index contributed by atoms with van der Waals surface area (Å²) in [4.78, 5) is 19.6. The first-order valence-corrected chi connectivity index (χ1v) is 13.4. The molecule has 182 valence electrons. The Labute approximate surface area is 204 Å². The SMILES string of the molecule is COc1cc(C2CC2)cc(N2CCOc3nc(C(=O)NCc4ccc(S(C)(=O)=O)cc4)ccc32)c1. The maximum absolute atomic E-state index is 12.7. The summed E-state index contributed by atoms with van der Waals surface area (Å²) in [6, 6.07) is 16.3. The zero-order chi connectivity index (χ0) is 24.6. The van der Waals surface area contributed by atoms with Gasteiger partial charge in [-0.2, -0.15) is 0 Å². The second-order valence-corrected chi connectivity index (χ2v) is 10.9. The highest BCUT2D eigenvalue weighted by atomic mass is 32.2. The van der Waals surface area contributed by atoms with Crippen molar-refractivity contribution in [2.45, 2.75) is 30.2 Å². The summed E-state index contributed by atoms with van der Waals surface area (Å²) in [6.07, 6.45) is 3.57. The van der Waals surface area contributed by atoms with Crippen LogP contribution in [0.1, 0.15) is 40.4 Å². The molecule has 0 bridgehead atoms. The molecule has 3 aromatic rings. The average Bonchev–Trinajstić information content (AvgIpc) is 3.71. The van der Waals surface area contributed by atoms with E-state index >= 15 is 0 Å². The van der Waals surface area contributed by atoms with E-state index in [1.54, 1.807) is 25.3 Å². The molecule has 5 rings (SSSR count). The van der Waals surface area contributed by atoms with Crippen molar-refractivity contribution in [2.24, 2.45) is 0 Å². The minimum Gasteiger partial charge on any atom is -0.497 e. The zero-order valence-corrected chi connectivity index (χ0v) is 20.5. The van der Waals surface area contributed by atoms with E-state index in [-0.39, 0.29) is 23.0 Å². The van der Waals surface area contributed by atoms with Gasteiger partial charge in [0, 0.05) is 24.6 Å². The van der Waals surface area contributed by atoms with Gasteiger partial charge < -0.3 is 19.7 Å². The molecule has 0 radical (unpaired) electrons. The van der Waals surface area contributed by atoms with Gasteiger partial charge in [0.05, 0.1) is 18.6 Å². The predicted octanol–water partition coefficient (Wildman–Crippen LogP) is 3.83. The largest absolute Gasteiger partial charge is 0.497 e. The molecule has 9 heteroatoms. The number of pyridine rings is 1. The molecule has 2 heterocycles. The summed E-state index contributed by atoms with van der Waals surface area (Å²) in [5.74, 6) is 1.50. The van der Waals surface area contributed by atoms with Crippen molar-refractivity contribution in [1.29, 1.82) is 0 Å². The van der Waals surface area contributed by atoms with Crippen molar-refractivity contribution < 1.29 is 22.7 Å². The zero-order valence-electron chi connectivity index (χ0n) is 19.7. The number of carbonyl (C=O) groups excluding carboxylic acids is 1. The van der Waals surface area contributed by atoms with Crippen LogP contribution >= 0.6 is 0 Å². The van der Waals surface area contributed by atoms with Gasteiger partial charge in [0.25, 0.3) is 5.91 Å². The van der Waals surface area contributed by atoms with Crippen molar-refractivity contribution in [2.75, 3.05) is 31.4 Å². The first-order chi connectivity index (χ1) is 16.8. The fourth-order valence-corrected chi connectivity index (χ4v) is 4.78. The number of anilines is 2. The number of fused-ring (bicyclic) bond motifs is 1. The number of ether oxygens (including phenoxy) is 2. The van der Waals surface area contributed by atoms with Crippen LogP contribution in [0.2, 0.25) is 0 Å². The highest BCUT2D eigenvalue weighted by Crippen LogP contribution is 2.44. The topological polar surface area (TPSA) is 97.8 Å². The van der Waals surface area contributed by atoms with Gasteiger partial charge in [-0.3, -0.25) is 4.79 Å². The summed E-state index contributed by atoms with van der Waals surface area (Å²) < 4.78 is 34.5. The molecular weight excluding hydrogens is 466 g/mol. The van der Waals surface area contributed by atoms with Crippen LogP contribution in [0.5, 0.6) is 11.6 Å². The quantitative estimate of drug-likeness (QED) is 0.534. The number of aromatic nitrogens is 1. The third-order valence-electron chi connectivity index (χ3n) is 6.23. The lowest BCUT2D eigenvalue weighted by Crippen LogP contribution is -2.30. The number of hydrogen-bond acceptors (Lipinski definition) is 7. The van der Waals surface area contributed by atoms with Crippen molar-refractivity contribution in [3.63, 3.8) is 0 Å². The van der Waals surface area contributed by atoms with Crippen LogP contribution in [0.3, 0.4) is 0 Å². The van der Waals surface area contributed by atoms with E-state index < -0.39 is 9.84 Å². The third kappa shape index (κ3) is 5.09. The van der Waals surface area contributed by atoms with E-state index in [1.165, 1.54) is 30.5 Å². The van der Waals surface area contributed by atoms with Gasteiger partial charge >= 0.3 is 0 Å². The number of hydrogen-bond donors (Lipinski definition) is 1. The van der Waals surface area contributed by atoms with E-state index in [9.17, 15) is 13.2 Å². The fraction of sp³-hybridized carbons (Fsp3) is 0.308. The lowest BCUT2D eigenvalue weighted by Gasteiger charge is -2.31. The van der Waals surface area contributed by atoms with Gasteiger partial charge in [-0.15, -0.1) is 0 Å². The maximum Gasteiger partial charge on any atom is 0.270 e. The van der Waals surface area contributed by atoms with Crippen LogP contribution in [0, 0.1) is 0 Å². The molecule has 1 aromatic heterocycles. The molecule has 1 aliphatic heterocycles. The molecule has 1 aliphatic carbocycles. The molecule has 0 unspecified atom stereocenters. The number of rotatable bonds is 7. The van der Waals surface area contributed by atoms with Gasteiger partial charge in [0.1, 0.15) is 23.7 Å². The van der Waals surface area contributed by atoms with Crippen LogP contribution in [-0.4, -0.2) is 45.8 Å². The summed E-state index contributed by atoms with van der Waals surface area (Å²) in [7, 11) is -1.58. The van der Waals surface area contributed by atoms with Gasteiger partial charge in [-0.1, -0.05) is 12.1 Å². The van der Waals surface area contributed by atoms with Gasteiger partial charge in [-0.05, 0) is 66.3 Å². The van der Waals surface area contributed by atoms with Crippen LogP contribution in [0.25, 0.3) is 0 Å². The number of methoxy groups -OCH3 is 1. The van der Waals surface area contributed by atoms with Crippen LogP contribution in [-0.2, 0) is 16.4 Å². The molecule has 2 aliphatic rings. The monoisotopic (exact) mass is 493 g/mol. The molecule has 2 aromatic carbocycles. The normalized spacial score (nSPS) is 15.2. The minimum absolute atomic E-state index is 0.242. The van der Waals surface area contributed by atoms with E-state index in [2.05, 4.69) is 27.3 Å². The summed E-state index contributed by atoms with van der Waals surface area (Å²) in [5, 5.41) is 2.83. The Balaban J connectivity index is 1.32. The van der Waals surface area contributed by atoms with Gasteiger partial charge in [0.15, 0.2) is 9.84 Å². The maximum atomic E-state index is 12.7. The number of nitrogens with one attached hydrogen (secondary N) is 1. The second-order valence-electron chi connectivity index (χ2n) is 8.86. The van der Waals surface area contributed by atoms with E-state index in [0.717, 1.165) is 28.9 Å². The minimum atomic E-state index is -3.26. The van der Waals surface area contributed by atoms with Crippen LogP contribution in [0.15, 0.2) is 59.5 Å². The van der Waals surface area contributed by atoms with E-state index in [1.807, 2.05) is 12.1 Å². The first-order valence-electron chi connectivity index (χ1n) is 11.5. The van der Waals surface area contributed by atoms with E-state index in [0.29, 0.717) is 24.9 Å². The molecule has 1 fully saturated rings. The van der Waals surface area contributed by atoms with E-state index in [4.69, 9.17) is 9.47 Å². The Morgan fingerprint density at radius 3 is 2.60 bits per heavy atom. The molecule has 0 atom stereocenters. The Morgan fingerprint density at radius 2 is 1.91 bits per heavy atom. The number of nitrogens with zero attached hydrogens (tertiary/aromatic N) is 2. The predicted molar refractivity (Wildman–Crippen MR) is 132 cm³/mol. The standard InChI is InChI=1S/C26H27N3O5S/c1-33-21-14-19(18-5-6-18)13-20(15-21)29-11-12-34-26-24(29)10-9-23(28-26)25(30)27-16-17-3-7-22(8-4-17)35(2,31)32/h3-4,7-10,13-15,18H,5-6,11-12,16H2,1-2H3,(H,27,30). The molecule has 0 spiro atoms. The molecule has 35 heavy (non-hydrogen) atoms. The number of amides is 1. The Hall–Kier alpha value is -3.59. The third-order valence-corrected chi connectivity index (χ3v) is 7.36. The highest BCUT2D eigenvalue weighted by Gasteiger charge is 2.27. The number of carbonyl (C=O) groups is 1.